The average Bonchev–Trinajstić information content (AvgIpc) is 2.60. The lowest BCUT2D eigenvalue weighted by Crippen LogP contribution is -2.24. The van der Waals surface area contributed by atoms with Crippen molar-refractivity contribution in [2.24, 2.45) is 0 Å². The zero-order valence-electron chi connectivity index (χ0n) is 13.5. The van der Waals surface area contributed by atoms with Crippen LogP contribution in [0, 0.1) is 5.82 Å². The van der Waals surface area contributed by atoms with Crippen molar-refractivity contribution in [3.8, 4) is 5.75 Å². The molecule has 0 aliphatic heterocycles. The SMILES string of the molecule is COC(=O)c1ccc(CNC(=O)Cc2ccc(OC)c(F)c2)cc1. The summed E-state index contributed by atoms with van der Waals surface area (Å²) >= 11 is 0. The summed E-state index contributed by atoms with van der Waals surface area (Å²) in [6.45, 7) is 0.318. The van der Waals surface area contributed by atoms with Crippen LogP contribution < -0.4 is 10.1 Å². The Morgan fingerprint density at radius 2 is 1.71 bits per heavy atom. The molecule has 0 aliphatic carbocycles. The Bertz CT molecular complexity index is 728. The summed E-state index contributed by atoms with van der Waals surface area (Å²) in [5.74, 6) is -0.991. The summed E-state index contributed by atoms with van der Waals surface area (Å²) in [5.41, 5.74) is 1.85. The molecule has 126 valence electrons. The monoisotopic (exact) mass is 331 g/mol. The van der Waals surface area contributed by atoms with Crippen molar-refractivity contribution in [3.05, 3.63) is 65.0 Å². The standard InChI is InChI=1S/C18H18FNO4/c1-23-16-8-5-13(9-15(16)19)10-17(21)20-11-12-3-6-14(7-4-12)18(22)24-2/h3-9H,10-11H2,1-2H3,(H,20,21). The molecule has 5 nitrogen and oxygen atoms in total. The van der Waals surface area contributed by atoms with Crippen molar-refractivity contribution in [1.82, 2.24) is 5.32 Å². The Morgan fingerprint density at radius 3 is 2.29 bits per heavy atom. The lowest BCUT2D eigenvalue weighted by Gasteiger charge is -2.07. The van der Waals surface area contributed by atoms with E-state index in [0.717, 1.165) is 5.56 Å². The lowest BCUT2D eigenvalue weighted by molar-refractivity contribution is -0.120. The summed E-state index contributed by atoms with van der Waals surface area (Å²) in [7, 11) is 2.70. The molecule has 1 amide bonds. The Hall–Kier alpha value is -2.89. The highest BCUT2D eigenvalue weighted by Gasteiger charge is 2.08. The van der Waals surface area contributed by atoms with Gasteiger partial charge < -0.3 is 14.8 Å². The van der Waals surface area contributed by atoms with E-state index in [4.69, 9.17) is 4.74 Å². The van der Waals surface area contributed by atoms with Gasteiger partial charge in [-0.25, -0.2) is 9.18 Å². The van der Waals surface area contributed by atoms with Crippen LogP contribution in [0.5, 0.6) is 5.75 Å². The lowest BCUT2D eigenvalue weighted by atomic mass is 10.1. The molecule has 1 N–H and O–H groups in total. The van der Waals surface area contributed by atoms with Gasteiger partial charge in [0.15, 0.2) is 11.6 Å². The molecule has 2 rings (SSSR count). The van der Waals surface area contributed by atoms with Crippen LogP contribution in [0.25, 0.3) is 0 Å². The topological polar surface area (TPSA) is 64.6 Å². The predicted octanol–water partition coefficient (Wildman–Crippen LogP) is 2.48. The Kier molecular flexibility index (Phi) is 5.89. The molecule has 0 heterocycles. The molecule has 0 saturated carbocycles. The molecule has 0 spiro atoms. The number of esters is 1. The molecule has 2 aromatic carbocycles. The minimum atomic E-state index is -0.499. The molecule has 0 radical (unpaired) electrons. The largest absolute Gasteiger partial charge is 0.494 e. The van der Waals surface area contributed by atoms with E-state index in [9.17, 15) is 14.0 Å². The minimum absolute atomic E-state index is 0.0706. The van der Waals surface area contributed by atoms with E-state index < -0.39 is 11.8 Å². The van der Waals surface area contributed by atoms with Gasteiger partial charge in [0.2, 0.25) is 5.91 Å². The van der Waals surface area contributed by atoms with Gasteiger partial charge in [0.05, 0.1) is 26.2 Å². The van der Waals surface area contributed by atoms with Crippen molar-refractivity contribution in [1.29, 1.82) is 0 Å². The first-order valence-corrected chi connectivity index (χ1v) is 7.30. The van der Waals surface area contributed by atoms with Gasteiger partial charge in [-0.15, -0.1) is 0 Å². The van der Waals surface area contributed by atoms with Gasteiger partial charge in [0.1, 0.15) is 0 Å². The number of amides is 1. The predicted molar refractivity (Wildman–Crippen MR) is 86.3 cm³/mol. The zero-order chi connectivity index (χ0) is 17.5. The quantitative estimate of drug-likeness (QED) is 0.826. The highest BCUT2D eigenvalue weighted by Crippen LogP contribution is 2.17. The maximum absolute atomic E-state index is 13.6. The molecule has 0 bridgehead atoms. The molecule has 0 atom stereocenters. The number of methoxy groups -OCH3 is 2. The first-order valence-electron chi connectivity index (χ1n) is 7.30. The summed E-state index contributed by atoms with van der Waals surface area (Å²) < 4.78 is 23.0. The van der Waals surface area contributed by atoms with Gasteiger partial charge in [-0.2, -0.15) is 0 Å². The number of nitrogens with one attached hydrogen (secondary N) is 1. The Morgan fingerprint density at radius 1 is 1.04 bits per heavy atom. The Balaban J connectivity index is 1.89. The van der Waals surface area contributed by atoms with Gasteiger partial charge in [-0.1, -0.05) is 18.2 Å². The van der Waals surface area contributed by atoms with E-state index in [2.05, 4.69) is 10.1 Å². The van der Waals surface area contributed by atoms with Crippen LogP contribution in [0.3, 0.4) is 0 Å². The zero-order valence-corrected chi connectivity index (χ0v) is 13.5. The number of benzene rings is 2. The number of carbonyl (C=O) groups is 2. The van der Waals surface area contributed by atoms with Crippen LogP contribution in [0.2, 0.25) is 0 Å². The molecule has 0 fully saturated rings. The molecule has 2 aromatic rings. The highest BCUT2D eigenvalue weighted by molar-refractivity contribution is 5.89. The smallest absolute Gasteiger partial charge is 0.337 e. The molecule has 0 unspecified atom stereocenters. The summed E-state index contributed by atoms with van der Waals surface area (Å²) in [5, 5.41) is 2.75. The van der Waals surface area contributed by atoms with Gasteiger partial charge in [0, 0.05) is 6.54 Å². The van der Waals surface area contributed by atoms with E-state index in [1.54, 1.807) is 30.3 Å². The third kappa shape index (κ3) is 4.55. The number of carbonyl (C=O) groups excluding carboxylic acids is 2. The number of ether oxygens (including phenoxy) is 2. The summed E-state index contributed by atoms with van der Waals surface area (Å²) in [6.07, 6.45) is 0.0706. The maximum atomic E-state index is 13.6. The highest BCUT2D eigenvalue weighted by atomic mass is 19.1. The van der Waals surface area contributed by atoms with Gasteiger partial charge in [0.25, 0.3) is 0 Å². The van der Waals surface area contributed by atoms with E-state index in [-0.39, 0.29) is 18.1 Å². The number of hydrogen-bond acceptors (Lipinski definition) is 4. The van der Waals surface area contributed by atoms with Crippen molar-refractivity contribution >= 4 is 11.9 Å². The van der Waals surface area contributed by atoms with Crippen LogP contribution in [0.4, 0.5) is 4.39 Å². The van der Waals surface area contributed by atoms with E-state index in [0.29, 0.717) is 17.7 Å². The van der Waals surface area contributed by atoms with E-state index in [1.807, 2.05) is 0 Å². The number of rotatable bonds is 6. The molecule has 0 aliphatic rings. The fraction of sp³-hybridized carbons (Fsp3) is 0.222. The molecule has 0 saturated heterocycles. The second-order valence-electron chi connectivity index (χ2n) is 5.11. The number of halogens is 1. The summed E-state index contributed by atoms with van der Waals surface area (Å²) in [6, 6.07) is 11.2. The van der Waals surface area contributed by atoms with Crippen LogP contribution in [-0.2, 0) is 22.5 Å². The van der Waals surface area contributed by atoms with Gasteiger partial charge in [-0.05, 0) is 35.4 Å². The van der Waals surface area contributed by atoms with E-state index in [1.165, 1.54) is 26.4 Å². The van der Waals surface area contributed by atoms with Crippen molar-refractivity contribution in [2.45, 2.75) is 13.0 Å². The van der Waals surface area contributed by atoms with Crippen LogP contribution in [0.1, 0.15) is 21.5 Å². The first kappa shape index (κ1) is 17.5. The molecular formula is C18H18FNO4. The molecule has 24 heavy (non-hydrogen) atoms. The van der Waals surface area contributed by atoms with Gasteiger partial charge >= 0.3 is 5.97 Å². The second kappa shape index (κ2) is 8.10. The van der Waals surface area contributed by atoms with Gasteiger partial charge in [-0.3, -0.25) is 4.79 Å². The van der Waals surface area contributed by atoms with Crippen LogP contribution >= 0.6 is 0 Å². The Labute approximate surface area is 139 Å². The second-order valence-corrected chi connectivity index (χ2v) is 5.11. The van der Waals surface area contributed by atoms with Crippen LogP contribution in [-0.4, -0.2) is 26.1 Å². The minimum Gasteiger partial charge on any atom is -0.494 e. The number of hydrogen-bond donors (Lipinski definition) is 1. The average molecular weight is 331 g/mol. The first-order chi connectivity index (χ1) is 11.5. The third-order valence-electron chi connectivity index (χ3n) is 3.45. The van der Waals surface area contributed by atoms with Crippen molar-refractivity contribution in [3.63, 3.8) is 0 Å². The maximum Gasteiger partial charge on any atom is 0.337 e. The van der Waals surface area contributed by atoms with Crippen LogP contribution in [0.15, 0.2) is 42.5 Å². The van der Waals surface area contributed by atoms with E-state index >= 15 is 0 Å². The summed E-state index contributed by atoms with van der Waals surface area (Å²) in [4.78, 5) is 23.3. The molecular weight excluding hydrogens is 313 g/mol. The van der Waals surface area contributed by atoms with Crippen molar-refractivity contribution in [2.75, 3.05) is 14.2 Å². The molecule has 6 heteroatoms. The van der Waals surface area contributed by atoms with Crippen molar-refractivity contribution < 1.29 is 23.5 Å². The molecule has 0 aromatic heterocycles. The normalized spacial score (nSPS) is 10.1. The third-order valence-corrected chi connectivity index (χ3v) is 3.45. The fourth-order valence-corrected chi connectivity index (χ4v) is 2.14. The fourth-order valence-electron chi connectivity index (χ4n) is 2.14.